The van der Waals surface area contributed by atoms with Crippen LogP contribution in [0.15, 0.2) is 38.5 Å². The highest BCUT2D eigenvalue weighted by Crippen LogP contribution is 2.13. The van der Waals surface area contributed by atoms with E-state index in [-0.39, 0.29) is 11.7 Å². The van der Waals surface area contributed by atoms with Crippen LogP contribution in [0.5, 0.6) is 0 Å². The summed E-state index contributed by atoms with van der Waals surface area (Å²) in [5, 5.41) is 3.47. The second-order valence-corrected chi connectivity index (χ2v) is 5.76. The van der Waals surface area contributed by atoms with Gasteiger partial charge in [0.15, 0.2) is 10.8 Å². The van der Waals surface area contributed by atoms with Gasteiger partial charge in [-0.05, 0) is 18.6 Å². The first-order valence-corrected chi connectivity index (χ1v) is 7.78. The first-order chi connectivity index (χ1) is 10.2. The summed E-state index contributed by atoms with van der Waals surface area (Å²) < 4.78 is 6.71. The fraction of sp³-hybridized carbons (Fsp3) is 0.357. The number of hydrogen-bond acceptors (Lipinski definition) is 5. The Hall–Kier alpha value is -2.02. The lowest BCUT2D eigenvalue weighted by Gasteiger charge is -2.04. The van der Waals surface area contributed by atoms with Crippen molar-refractivity contribution in [2.24, 2.45) is 4.99 Å². The van der Waals surface area contributed by atoms with Crippen molar-refractivity contribution in [2.45, 2.75) is 19.4 Å². The summed E-state index contributed by atoms with van der Waals surface area (Å²) in [6.45, 7) is 1.22. The van der Waals surface area contributed by atoms with Crippen molar-refractivity contribution in [3.05, 3.63) is 34.8 Å². The molecule has 21 heavy (non-hydrogen) atoms. The van der Waals surface area contributed by atoms with E-state index in [1.54, 1.807) is 22.4 Å². The van der Waals surface area contributed by atoms with E-state index >= 15 is 0 Å². The number of benzene rings is 1. The molecule has 1 amide bonds. The largest absolute Gasteiger partial charge is 0.419 e. The fourth-order valence-electron chi connectivity index (χ4n) is 2.22. The van der Waals surface area contributed by atoms with Crippen LogP contribution in [0.3, 0.4) is 0 Å². The minimum atomic E-state index is -0.382. The second kappa shape index (κ2) is 6.17. The molecule has 1 aromatic carbocycles. The van der Waals surface area contributed by atoms with Crippen molar-refractivity contribution >= 4 is 33.9 Å². The SMILES string of the molecule is O=C(CCCn1c(=O)oc2ccccc21)NC1=NCCS1. The molecule has 1 aliphatic heterocycles. The van der Waals surface area contributed by atoms with Crippen molar-refractivity contribution in [1.29, 1.82) is 0 Å². The molecule has 7 heteroatoms. The third-order valence-corrected chi connectivity index (χ3v) is 4.08. The number of thioether (sulfide) groups is 1. The highest BCUT2D eigenvalue weighted by molar-refractivity contribution is 8.14. The molecule has 0 bridgehead atoms. The summed E-state index contributed by atoms with van der Waals surface area (Å²) in [5.74, 6) is 0.475. The molecular formula is C14H15N3O3S. The minimum Gasteiger partial charge on any atom is -0.408 e. The maximum absolute atomic E-state index is 11.8. The maximum atomic E-state index is 11.8. The summed E-state index contributed by atoms with van der Waals surface area (Å²) in [6, 6.07) is 7.28. The van der Waals surface area contributed by atoms with Gasteiger partial charge in [-0.1, -0.05) is 23.9 Å². The van der Waals surface area contributed by atoms with Gasteiger partial charge in [0.05, 0.1) is 12.1 Å². The average molecular weight is 305 g/mol. The van der Waals surface area contributed by atoms with Gasteiger partial charge in [-0.15, -0.1) is 0 Å². The second-order valence-electron chi connectivity index (χ2n) is 4.67. The number of para-hydroxylation sites is 2. The van der Waals surface area contributed by atoms with Gasteiger partial charge in [-0.25, -0.2) is 4.79 Å². The lowest BCUT2D eigenvalue weighted by Crippen LogP contribution is -2.27. The van der Waals surface area contributed by atoms with Gasteiger partial charge in [0.25, 0.3) is 0 Å². The number of amides is 1. The van der Waals surface area contributed by atoms with E-state index in [9.17, 15) is 9.59 Å². The normalized spacial score (nSPS) is 14.4. The van der Waals surface area contributed by atoms with E-state index in [2.05, 4.69) is 10.3 Å². The van der Waals surface area contributed by atoms with Crippen molar-refractivity contribution in [2.75, 3.05) is 12.3 Å². The number of nitrogens with zero attached hydrogens (tertiary/aromatic N) is 2. The molecule has 110 valence electrons. The summed E-state index contributed by atoms with van der Waals surface area (Å²) in [4.78, 5) is 27.7. The number of carbonyl (C=O) groups excluding carboxylic acids is 1. The number of oxazole rings is 1. The summed E-state index contributed by atoms with van der Waals surface area (Å²) in [6.07, 6.45) is 0.929. The zero-order valence-corrected chi connectivity index (χ0v) is 12.2. The molecule has 0 aliphatic carbocycles. The van der Waals surface area contributed by atoms with Gasteiger partial charge in [0.1, 0.15) is 0 Å². The van der Waals surface area contributed by atoms with Crippen LogP contribution < -0.4 is 11.1 Å². The van der Waals surface area contributed by atoms with E-state index in [4.69, 9.17) is 4.42 Å². The molecule has 0 spiro atoms. The molecule has 0 fully saturated rings. The Labute approximate surface area is 125 Å². The molecule has 1 N–H and O–H groups in total. The third-order valence-electron chi connectivity index (χ3n) is 3.19. The smallest absolute Gasteiger partial charge is 0.408 e. The van der Waals surface area contributed by atoms with Gasteiger partial charge in [-0.3, -0.25) is 14.4 Å². The highest BCUT2D eigenvalue weighted by atomic mass is 32.2. The summed E-state index contributed by atoms with van der Waals surface area (Å²) >= 11 is 1.55. The number of amidine groups is 1. The lowest BCUT2D eigenvalue weighted by molar-refractivity contribution is -0.119. The van der Waals surface area contributed by atoms with Crippen LogP contribution in [0.2, 0.25) is 0 Å². The minimum absolute atomic E-state index is 0.0657. The van der Waals surface area contributed by atoms with Crippen LogP contribution >= 0.6 is 11.8 Å². The van der Waals surface area contributed by atoms with Crippen LogP contribution in [-0.2, 0) is 11.3 Å². The molecule has 1 aromatic heterocycles. The Morgan fingerprint density at radius 1 is 1.43 bits per heavy atom. The quantitative estimate of drug-likeness (QED) is 0.930. The average Bonchev–Trinajstić information content (AvgIpc) is 3.07. The highest BCUT2D eigenvalue weighted by Gasteiger charge is 2.12. The monoisotopic (exact) mass is 305 g/mol. The van der Waals surface area contributed by atoms with Gasteiger partial charge in [0.2, 0.25) is 5.91 Å². The Kier molecular flexibility index (Phi) is 4.10. The van der Waals surface area contributed by atoms with Crippen LogP contribution in [0.4, 0.5) is 0 Å². The summed E-state index contributed by atoms with van der Waals surface area (Å²) in [5.41, 5.74) is 1.34. The standard InChI is InChI=1S/C14H15N3O3S/c18-12(16-13-15-7-9-21-13)6-3-8-17-10-4-1-2-5-11(10)20-14(17)19/h1-2,4-5H,3,6-9H2,(H,15,16,18). The lowest BCUT2D eigenvalue weighted by atomic mass is 10.3. The Morgan fingerprint density at radius 3 is 3.10 bits per heavy atom. The van der Waals surface area contributed by atoms with E-state index in [0.29, 0.717) is 30.1 Å². The zero-order chi connectivity index (χ0) is 14.7. The number of hydrogen-bond donors (Lipinski definition) is 1. The Morgan fingerprint density at radius 2 is 2.29 bits per heavy atom. The number of carbonyl (C=O) groups is 1. The van der Waals surface area contributed by atoms with E-state index in [0.717, 1.165) is 17.8 Å². The molecule has 0 saturated heterocycles. The molecule has 0 atom stereocenters. The number of fused-ring (bicyclic) bond motifs is 1. The van der Waals surface area contributed by atoms with E-state index in [1.807, 2.05) is 18.2 Å². The van der Waals surface area contributed by atoms with Crippen LogP contribution in [-0.4, -0.2) is 27.9 Å². The number of aliphatic imine (C=N–C) groups is 1. The van der Waals surface area contributed by atoms with Crippen LogP contribution in [0.25, 0.3) is 11.1 Å². The van der Waals surface area contributed by atoms with Gasteiger partial charge < -0.3 is 9.73 Å². The first kappa shape index (κ1) is 13.9. The first-order valence-electron chi connectivity index (χ1n) is 6.79. The van der Waals surface area contributed by atoms with Gasteiger partial charge in [-0.2, -0.15) is 0 Å². The topological polar surface area (TPSA) is 76.6 Å². The van der Waals surface area contributed by atoms with E-state index < -0.39 is 0 Å². The third kappa shape index (κ3) is 3.18. The molecule has 0 saturated carbocycles. The number of nitrogens with one attached hydrogen (secondary N) is 1. The van der Waals surface area contributed by atoms with Crippen molar-refractivity contribution in [3.63, 3.8) is 0 Å². The number of aromatic nitrogens is 1. The molecule has 0 unspecified atom stereocenters. The molecule has 0 radical (unpaired) electrons. The van der Waals surface area contributed by atoms with E-state index in [1.165, 1.54) is 0 Å². The molecule has 2 heterocycles. The predicted octanol–water partition coefficient (Wildman–Crippen LogP) is 1.59. The van der Waals surface area contributed by atoms with Gasteiger partial charge >= 0.3 is 5.76 Å². The molecular weight excluding hydrogens is 290 g/mol. The van der Waals surface area contributed by atoms with Crippen molar-refractivity contribution < 1.29 is 9.21 Å². The fourth-order valence-corrected chi connectivity index (χ4v) is 2.96. The maximum Gasteiger partial charge on any atom is 0.419 e. The van der Waals surface area contributed by atoms with Crippen LogP contribution in [0, 0.1) is 0 Å². The number of rotatable bonds is 4. The predicted molar refractivity (Wildman–Crippen MR) is 82.6 cm³/mol. The Bertz CT molecular complexity index is 747. The number of aryl methyl sites for hydroxylation is 1. The zero-order valence-electron chi connectivity index (χ0n) is 11.4. The van der Waals surface area contributed by atoms with Crippen LogP contribution in [0.1, 0.15) is 12.8 Å². The van der Waals surface area contributed by atoms with Crippen molar-refractivity contribution in [3.8, 4) is 0 Å². The molecule has 6 nitrogen and oxygen atoms in total. The molecule has 2 aromatic rings. The molecule has 1 aliphatic rings. The summed E-state index contributed by atoms with van der Waals surface area (Å²) in [7, 11) is 0. The van der Waals surface area contributed by atoms with Gasteiger partial charge in [0, 0.05) is 18.7 Å². The molecule has 3 rings (SSSR count). The van der Waals surface area contributed by atoms with Crippen molar-refractivity contribution in [1.82, 2.24) is 9.88 Å². The Balaban J connectivity index is 1.58.